The molecule has 4 rings (SSSR count). The zero-order chi connectivity index (χ0) is 18.3. The van der Waals surface area contributed by atoms with E-state index in [9.17, 15) is 19.5 Å². The third kappa shape index (κ3) is 2.43. The van der Waals surface area contributed by atoms with Gasteiger partial charge in [-0.15, -0.1) is 0 Å². The molecule has 0 fully saturated rings. The van der Waals surface area contributed by atoms with Crippen molar-refractivity contribution in [1.82, 2.24) is 9.80 Å². The summed E-state index contributed by atoms with van der Waals surface area (Å²) >= 11 is 0. The summed E-state index contributed by atoms with van der Waals surface area (Å²) in [6.45, 7) is 0.315. The lowest BCUT2D eigenvalue weighted by atomic mass is 10.1. The molecule has 0 saturated carbocycles. The number of aliphatic hydroxyl groups is 1. The highest BCUT2D eigenvalue weighted by Gasteiger charge is 2.35. The molecule has 6 nitrogen and oxygen atoms in total. The molecule has 2 heterocycles. The molecule has 0 saturated heterocycles. The number of hydrogen-bond donors (Lipinski definition) is 1. The van der Waals surface area contributed by atoms with Crippen LogP contribution < -0.4 is 0 Å². The fourth-order valence-corrected chi connectivity index (χ4v) is 3.31. The van der Waals surface area contributed by atoms with E-state index in [1.165, 1.54) is 4.90 Å². The quantitative estimate of drug-likeness (QED) is 0.677. The van der Waals surface area contributed by atoms with E-state index < -0.39 is 6.23 Å². The monoisotopic (exact) mass is 348 g/mol. The summed E-state index contributed by atoms with van der Waals surface area (Å²) in [6.07, 6.45) is 2.35. The van der Waals surface area contributed by atoms with Gasteiger partial charge in [-0.05, 0) is 18.2 Å². The third-order valence-corrected chi connectivity index (χ3v) is 4.66. The van der Waals surface area contributed by atoms with E-state index in [4.69, 9.17) is 0 Å². The van der Waals surface area contributed by atoms with Gasteiger partial charge in [0.1, 0.15) is 0 Å². The van der Waals surface area contributed by atoms with Gasteiger partial charge in [-0.25, -0.2) is 0 Å². The van der Waals surface area contributed by atoms with Gasteiger partial charge < -0.3 is 10.0 Å². The average molecular weight is 348 g/mol. The standard InChI is InChI=1S/C20H16N2O4/c23-17-13-7-1-2-8-14(13)18(24)21(17)11-5-6-12-22-19(25)15-9-3-4-10-16(15)20(22)26/h1-10,17,23H,11-12H2/b6-5+. The summed E-state index contributed by atoms with van der Waals surface area (Å²) in [7, 11) is 0. The molecular weight excluding hydrogens is 332 g/mol. The zero-order valence-electron chi connectivity index (χ0n) is 13.8. The molecule has 1 atom stereocenters. The molecule has 130 valence electrons. The van der Waals surface area contributed by atoms with E-state index in [0.717, 1.165) is 4.90 Å². The van der Waals surface area contributed by atoms with Gasteiger partial charge >= 0.3 is 0 Å². The molecule has 2 aromatic rings. The second kappa shape index (κ2) is 6.24. The molecule has 0 aromatic heterocycles. The van der Waals surface area contributed by atoms with Gasteiger partial charge in [0.25, 0.3) is 17.7 Å². The number of rotatable bonds is 4. The van der Waals surface area contributed by atoms with Crippen LogP contribution in [0.15, 0.2) is 60.7 Å². The molecular formula is C20H16N2O4. The van der Waals surface area contributed by atoms with Gasteiger partial charge in [-0.3, -0.25) is 19.3 Å². The second-order valence-electron chi connectivity index (χ2n) is 6.16. The van der Waals surface area contributed by atoms with Gasteiger partial charge in [-0.2, -0.15) is 0 Å². The van der Waals surface area contributed by atoms with Crippen molar-refractivity contribution in [1.29, 1.82) is 0 Å². The molecule has 1 N–H and O–H groups in total. The third-order valence-electron chi connectivity index (χ3n) is 4.66. The predicted octanol–water partition coefficient (Wildman–Crippen LogP) is 1.99. The molecule has 26 heavy (non-hydrogen) atoms. The number of aliphatic hydroxyl groups excluding tert-OH is 1. The first-order chi connectivity index (χ1) is 12.6. The van der Waals surface area contributed by atoms with Crippen LogP contribution in [0.4, 0.5) is 0 Å². The average Bonchev–Trinajstić information content (AvgIpc) is 3.06. The van der Waals surface area contributed by atoms with Crippen molar-refractivity contribution in [2.45, 2.75) is 6.23 Å². The van der Waals surface area contributed by atoms with Gasteiger partial charge in [0, 0.05) is 24.2 Å². The number of hydrogen-bond acceptors (Lipinski definition) is 4. The number of nitrogens with zero attached hydrogens (tertiary/aromatic N) is 2. The first kappa shape index (κ1) is 16.2. The van der Waals surface area contributed by atoms with Crippen LogP contribution in [0.1, 0.15) is 42.9 Å². The Bertz CT molecular complexity index is 915. The Kier molecular flexibility index (Phi) is 3.89. The van der Waals surface area contributed by atoms with Crippen molar-refractivity contribution in [3.63, 3.8) is 0 Å². The Balaban J connectivity index is 1.41. The van der Waals surface area contributed by atoms with Gasteiger partial charge in [-0.1, -0.05) is 42.5 Å². The van der Waals surface area contributed by atoms with Gasteiger partial charge in [0.15, 0.2) is 6.23 Å². The molecule has 2 aliphatic heterocycles. The van der Waals surface area contributed by atoms with Crippen LogP contribution in [0.25, 0.3) is 0 Å². The lowest BCUT2D eigenvalue weighted by molar-refractivity contribution is 0.0231. The predicted molar refractivity (Wildman–Crippen MR) is 93.4 cm³/mol. The molecule has 0 radical (unpaired) electrons. The Morgan fingerprint density at radius 1 is 0.769 bits per heavy atom. The molecule has 0 aliphatic carbocycles. The number of imide groups is 1. The highest BCUT2D eigenvalue weighted by molar-refractivity contribution is 6.21. The van der Waals surface area contributed by atoms with Crippen molar-refractivity contribution in [2.75, 3.05) is 13.1 Å². The van der Waals surface area contributed by atoms with E-state index in [1.807, 2.05) is 0 Å². The Labute approximate surface area is 150 Å². The lowest BCUT2D eigenvalue weighted by Crippen LogP contribution is -2.30. The molecule has 2 aromatic carbocycles. The maximum Gasteiger partial charge on any atom is 0.261 e. The molecule has 1 unspecified atom stereocenters. The van der Waals surface area contributed by atoms with Crippen LogP contribution in [0.2, 0.25) is 0 Å². The number of carbonyl (C=O) groups is 3. The van der Waals surface area contributed by atoms with Crippen LogP contribution in [0.3, 0.4) is 0 Å². The van der Waals surface area contributed by atoms with E-state index >= 15 is 0 Å². The summed E-state index contributed by atoms with van der Waals surface area (Å²) < 4.78 is 0. The first-order valence-electron chi connectivity index (χ1n) is 8.28. The topological polar surface area (TPSA) is 77.9 Å². The minimum atomic E-state index is -0.984. The van der Waals surface area contributed by atoms with E-state index in [1.54, 1.807) is 60.7 Å². The fraction of sp³-hybridized carbons (Fsp3) is 0.150. The van der Waals surface area contributed by atoms with Crippen LogP contribution in [-0.4, -0.2) is 45.7 Å². The number of amides is 3. The smallest absolute Gasteiger partial charge is 0.261 e. The van der Waals surface area contributed by atoms with Gasteiger partial charge in [0.05, 0.1) is 11.1 Å². The minimum absolute atomic E-state index is 0.122. The Hall–Kier alpha value is -3.25. The van der Waals surface area contributed by atoms with Crippen LogP contribution >= 0.6 is 0 Å². The summed E-state index contributed by atoms with van der Waals surface area (Å²) in [4.78, 5) is 39.4. The summed E-state index contributed by atoms with van der Waals surface area (Å²) in [5, 5.41) is 10.3. The van der Waals surface area contributed by atoms with Crippen LogP contribution in [0.5, 0.6) is 0 Å². The highest BCUT2D eigenvalue weighted by Crippen LogP contribution is 2.31. The SMILES string of the molecule is O=C1c2ccccc2C(=O)N1C/C=C/CN1C(=O)c2ccccc2C1O. The minimum Gasteiger partial charge on any atom is -0.369 e. The largest absolute Gasteiger partial charge is 0.369 e. The maximum atomic E-state index is 12.3. The van der Waals surface area contributed by atoms with Crippen molar-refractivity contribution in [3.8, 4) is 0 Å². The first-order valence-corrected chi connectivity index (χ1v) is 8.28. The Morgan fingerprint density at radius 3 is 1.92 bits per heavy atom. The van der Waals surface area contributed by atoms with Crippen molar-refractivity contribution in [3.05, 3.63) is 82.9 Å². The number of benzene rings is 2. The van der Waals surface area contributed by atoms with Crippen molar-refractivity contribution in [2.24, 2.45) is 0 Å². The molecule has 6 heteroatoms. The van der Waals surface area contributed by atoms with Crippen LogP contribution in [-0.2, 0) is 0 Å². The summed E-state index contributed by atoms with van der Waals surface area (Å²) in [5.74, 6) is -0.877. The van der Waals surface area contributed by atoms with Crippen molar-refractivity contribution < 1.29 is 19.5 Å². The summed E-state index contributed by atoms with van der Waals surface area (Å²) in [5.41, 5.74) is 1.90. The molecule has 0 spiro atoms. The van der Waals surface area contributed by atoms with E-state index in [0.29, 0.717) is 22.3 Å². The van der Waals surface area contributed by atoms with E-state index in [2.05, 4.69) is 0 Å². The van der Waals surface area contributed by atoms with E-state index in [-0.39, 0.29) is 30.8 Å². The zero-order valence-corrected chi connectivity index (χ0v) is 13.8. The molecule has 2 aliphatic rings. The number of fused-ring (bicyclic) bond motifs is 2. The van der Waals surface area contributed by atoms with Crippen LogP contribution in [0, 0.1) is 0 Å². The maximum absolute atomic E-state index is 12.3. The summed E-state index contributed by atoms with van der Waals surface area (Å²) in [6, 6.07) is 13.7. The Morgan fingerprint density at radius 2 is 1.31 bits per heavy atom. The highest BCUT2D eigenvalue weighted by atomic mass is 16.3. The fourth-order valence-electron chi connectivity index (χ4n) is 3.31. The lowest BCUT2D eigenvalue weighted by Gasteiger charge is -2.19. The second-order valence-corrected chi connectivity index (χ2v) is 6.16. The van der Waals surface area contributed by atoms with Gasteiger partial charge in [0.2, 0.25) is 0 Å². The number of carbonyl (C=O) groups excluding carboxylic acids is 3. The molecule has 0 bridgehead atoms. The van der Waals surface area contributed by atoms with Crippen molar-refractivity contribution >= 4 is 17.7 Å². The molecule has 3 amide bonds. The normalized spacial score (nSPS) is 18.8.